The third-order valence-electron chi connectivity index (χ3n) is 4.96. The van der Waals surface area contributed by atoms with Crippen molar-refractivity contribution < 1.29 is 38.1 Å². The van der Waals surface area contributed by atoms with Crippen LogP contribution in [-0.4, -0.2) is 63.8 Å². The second-order valence-corrected chi connectivity index (χ2v) is 10.4. The maximum Gasteiger partial charge on any atom is 0.459 e. The van der Waals surface area contributed by atoms with Crippen LogP contribution >= 0.6 is 20.0 Å². The van der Waals surface area contributed by atoms with Crippen LogP contribution in [0, 0.1) is 4.77 Å². The highest BCUT2D eigenvalue weighted by atomic mass is 32.1. The molecule has 1 aromatic heterocycles. The van der Waals surface area contributed by atoms with Gasteiger partial charge in [0.15, 0.2) is 10.5 Å². The number of esters is 1. The number of aromatic nitrogens is 2. The van der Waals surface area contributed by atoms with Gasteiger partial charge in [0.1, 0.15) is 24.0 Å². The normalized spacial score (nSPS) is 17.4. The van der Waals surface area contributed by atoms with Gasteiger partial charge in [-0.2, -0.15) is 5.09 Å². The number of benzene rings is 1. The number of para-hydroxylation sites is 1. The predicted molar refractivity (Wildman–Crippen MR) is 133 cm³/mol. The van der Waals surface area contributed by atoms with E-state index < -0.39 is 56.0 Å². The number of carbonyl (C=O) groups is 1. The van der Waals surface area contributed by atoms with E-state index in [9.17, 15) is 24.4 Å². The van der Waals surface area contributed by atoms with Crippen LogP contribution in [0.3, 0.4) is 0 Å². The lowest BCUT2D eigenvalue weighted by Crippen LogP contribution is -2.51. The number of nitrogens with zero attached hydrogens (tertiary/aromatic N) is 1. The third-order valence-corrected chi connectivity index (χ3v) is 6.90. The van der Waals surface area contributed by atoms with Crippen molar-refractivity contribution in [2.75, 3.05) is 13.7 Å². The van der Waals surface area contributed by atoms with Gasteiger partial charge in [-0.1, -0.05) is 18.2 Å². The van der Waals surface area contributed by atoms with Gasteiger partial charge < -0.3 is 24.2 Å². The van der Waals surface area contributed by atoms with Crippen molar-refractivity contribution in [1.82, 2.24) is 14.6 Å². The number of rotatable bonds is 13. The highest BCUT2D eigenvalue weighted by Crippen LogP contribution is 2.45. The number of hydrogen-bond acceptors (Lipinski definition) is 10. The molecule has 0 saturated carbocycles. The minimum atomic E-state index is -4.24. The fourth-order valence-corrected chi connectivity index (χ4v) is 4.91. The van der Waals surface area contributed by atoms with Gasteiger partial charge in [0, 0.05) is 19.4 Å². The van der Waals surface area contributed by atoms with Crippen molar-refractivity contribution in [2.24, 2.45) is 0 Å². The van der Waals surface area contributed by atoms with Crippen molar-refractivity contribution in [3.8, 4) is 5.75 Å². The minimum absolute atomic E-state index is 0.139. The number of methoxy groups -OCH3 is 1. The van der Waals surface area contributed by atoms with Crippen LogP contribution in [0.15, 0.2) is 47.4 Å². The first-order valence-corrected chi connectivity index (χ1v) is 13.0. The van der Waals surface area contributed by atoms with Crippen LogP contribution in [0.1, 0.15) is 27.7 Å². The topological polar surface area (TPSA) is 161 Å². The average molecular weight is 546 g/mol. The minimum Gasteiger partial charge on any atom is -0.462 e. The van der Waals surface area contributed by atoms with Crippen molar-refractivity contribution >= 4 is 25.9 Å². The SMILES string of the molecule is COC(COP(=O)(NC(C)C(=O)OC(C)C)Oc1ccccc1)[C@H](O)C(C)(O)n1ccc(=O)[nH]c1=S. The highest BCUT2D eigenvalue weighted by Gasteiger charge is 2.41. The first kappa shape index (κ1) is 29.8. The Labute approximate surface area is 213 Å². The van der Waals surface area contributed by atoms with E-state index in [-0.39, 0.29) is 10.5 Å². The molecule has 12 nitrogen and oxygen atoms in total. The standard InChI is InChI=1S/C22H32N3O9PS/c1-14(2)33-20(28)15(3)24-35(30,34-16-9-7-6-8-10-16)32-13-17(31-5)19(27)22(4,29)25-12-11-18(26)23-21(25)36/h6-12,14-15,17,19,27,29H,13H2,1-5H3,(H,24,30)(H,23,26,36)/t15?,17?,19-,22?,35?/m0/s1. The van der Waals surface area contributed by atoms with Crippen molar-refractivity contribution in [2.45, 2.75) is 57.8 Å². The zero-order valence-corrected chi connectivity index (χ0v) is 22.3. The molecule has 0 saturated heterocycles. The lowest BCUT2D eigenvalue weighted by molar-refractivity contribution is -0.176. The number of aliphatic hydroxyl groups excluding tert-OH is 1. The second-order valence-electron chi connectivity index (χ2n) is 8.33. The summed E-state index contributed by atoms with van der Waals surface area (Å²) in [6.07, 6.45) is -2.10. The van der Waals surface area contributed by atoms with Crippen molar-refractivity contribution in [1.29, 1.82) is 0 Å². The van der Waals surface area contributed by atoms with E-state index in [0.717, 1.165) is 10.6 Å². The molecule has 0 aliphatic rings. The summed E-state index contributed by atoms with van der Waals surface area (Å²) >= 11 is 5.07. The van der Waals surface area contributed by atoms with Crippen LogP contribution in [0.4, 0.5) is 0 Å². The Bertz CT molecular complexity index is 1170. The van der Waals surface area contributed by atoms with E-state index in [1.54, 1.807) is 44.2 Å². The molecule has 0 aliphatic heterocycles. The van der Waals surface area contributed by atoms with Crippen LogP contribution in [-0.2, 0) is 29.1 Å². The van der Waals surface area contributed by atoms with Crippen LogP contribution < -0.4 is 15.2 Å². The van der Waals surface area contributed by atoms with Gasteiger partial charge >= 0.3 is 13.7 Å². The van der Waals surface area contributed by atoms with E-state index in [0.29, 0.717) is 0 Å². The summed E-state index contributed by atoms with van der Waals surface area (Å²) in [4.78, 5) is 26.1. The Balaban J connectivity index is 2.26. The maximum absolute atomic E-state index is 13.6. The Morgan fingerprint density at radius 2 is 1.89 bits per heavy atom. The Morgan fingerprint density at radius 3 is 2.44 bits per heavy atom. The van der Waals surface area contributed by atoms with Gasteiger partial charge in [-0.05, 0) is 52.0 Å². The summed E-state index contributed by atoms with van der Waals surface area (Å²) in [7, 11) is -2.99. The van der Waals surface area contributed by atoms with Crippen molar-refractivity contribution in [3.63, 3.8) is 0 Å². The molecule has 14 heteroatoms. The quantitative estimate of drug-likeness (QED) is 0.166. The summed E-state index contributed by atoms with van der Waals surface area (Å²) in [5.74, 6) is -0.483. The van der Waals surface area contributed by atoms with Crippen LogP contribution in [0.2, 0.25) is 0 Å². The number of H-pyrrole nitrogens is 1. The third kappa shape index (κ3) is 8.07. The Morgan fingerprint density at radius 1 is 1.25 bits per heavy atom. The zero-order valence-electron chi connectivity index (χ0n) is 20.6. The maximum atomic E-state index is 13.6. The lowest BCUT2D eigenvalue weighted by Gasteiger charge is -2.35. The fraction of sp³-hybridized carbons (Fsp3) is 0.500. The zero-order chi connectivity index (χ0) is 27.1. The van der Waals surface area contributed by atoms with E-state index in [1.165, 1.54) is 27.2 Å². The molecule has 1 aromatic carbocycles. The molecule has 4 unspecified atom stereocenters. The van der Waals surface area contributed by atoms with Gasteiger partial charge in [-0.3, -0.25) is 23.7 Å². The first-order chi connectivity index (χ1) is 16.8. The summed E-state index contributed by atoms with van der Waals surface area (Å²) in [6, 6.07) is 8.18. The fourth-order valence-electron chi connectivity index (χ4n) is 3.06. The molecule has 4 N–H and O–H groups in total. The Kier molecular flexibility index (Phi) is 10.6. The first-order valence-electron chi connectivity index (χ1n) is 11.0. The van der Waals surface area contributed by atoms with E-state index in [2.05, 4.69) is 10.1 Å². The predicted octanol–water partition coefficient (Wildman–Crippen LogP) is 2.08. The number of carbonyl (C=O) groups excluding carboxylic acids is 1. The number of aliphatic hydroxyl groups is 2. The lowest BCUT2D eigenvalue weighted by atomic mass is 10.0. The van der Waals surface area contributed by atoms with E-state index in [1.807, 2.05) is 0 Å². The highest BCUT2D eigenvalue weighted by molar-refractivity contribution is 7.71. The molecule has 1 heterocycles. The van der Waals surface area contributed by atoms with Crippen LogP contribution in [0.5, 0.6) is 5.75 Å². The van der Waals surface area contributed by atoms with Gasteiger partial charge in [0.25, 0.3) is 5.56 Å². The molecule has 0 aliphatic carbocycles. The number of ether oxygens (including phenoxy) is 2. The molecule has 36 heavy (non-hydrogen) atoms. The molecule has 2 aromatic rings. The number of nitrogens with one attached hydrogen (secondary N) is 2. The molecular formula is C22H32N3O9PS. The molecule has 0 radical (unpaired) electrons. The molecule has 200 valence electrons. The largest absolute Gasteiger partial charge is 0.462 e. The molecule has 0 spiro atoms. The van der Waals surface area contributed by atoms with Gasteiger partial charge in [-0.25, -0.2) is 4.57 Å². The van der Waals surface area contributed by atoms with Gasteiger partial charge in [0.2, 0.25) is 0 Å². The van der Waals surface area contributed by atoms with E-state index in [4.69, 9.17) is 30.7 Å². The summed E-state index contributed by atoms with van der Waals surface area (Å²) in [6.45, 7) is 5.49. The van der Waals surface area contributed by atoms with Gasteiger partial charge in [-0.15, -0.1) is 0 Å². The molecule has 5 atom stereocenters. The van der Waals surface area contributed by atoms with Crippen LogP contribution in [0.25, 0.3) is 0 Å². The number of hydrogen-bond donors (Lipinski definition) is 4. The molecule has 2 rings (SSSR count). The molecular weight excluding hydrogens is 513 g/mol. The molecule has 0 bridgehead atoms. The number of aromatic amines is 1. The second kappa shape index (κ2) is 12.7. The monoisotopic (exact) mass is 545 g/mol. The summed E-state index contributed by atoms with van der Waals surface area (Å²) in [5, 5.41) is 24.4. The summed E-state index contributed by atoms with van der Waals surface area (Å²) < 4.78 is 36.1. The average Bonchev–Trinajstić information content (AvgIpc) is 2.79. The Hall–Kier alpha value is -2.38. The van der Waals surface area contributed by atoms with Gasteiger partial charge in [0.05, 0.1) is 12.7 Å². The summed E-state index contributed by atoms with van der Waals surface area (Å²) in [5.41, 5.74) is -2.54. The smallest absolute Gasteiger partial charge is 0.459 e. The molecule has 0 amide bonds. The van der Waals surface area contributed by atoms with Crippen molar-refractivity contribution in [3.05, 3.63) is 57.7 Å². The molecule has 0 fully saturated rings. The van der Waals surface area contributed by atoms with E-state index >= 15 is 0 Å².